The van der Waals surface area contributed by atoms with Gasteiger partial charge in [0.05, 0.1) is 0 Å². The molecule has 0 saturated heterocycles. The van der Waals surface area contributed by atoms with Crippen LogP contribution in [0.4, 0.5) is 4.39 Å². The molecule has 0 radical (unpaired) electrons. The molecule has 0 aromatic heterocycles. The lowest BCUT2D eigenvalue weighted by atomic mass is 10.1. The van der Waals surface area contributed by atoms with Gasteiger partial charge in [-0.1, -0.05) is 31.9 Å². The molecular weight excluding hydrogens is 289 g/mol. The minimum atomic E-state index is -0.279. The summed E-state index contributed by atoms with van der Waals surface area (Å²) in [5.41, 5.74) is 6.57. The van der Waals surface area contributed by atoms with Crippen molar-refractivity contribution >= 4 is 31.9 Å². The standard InChI is InChI=1S/C8H8Br2FN/c1-4(12)8-6(9)2-5(11)3-7(8)10/h2-4H,12H2,1H3. The molecule has 0 spiro atoms. The molecule has 66 valence electrons. The lowest BCUT2D eigenvalue weighted by molar-refractivity contribution is 0.623. The number of rotatable bonds is 1. The fraction of sp³-hybridized carbons (Fsp3) is 0.250. The van der Waals surface area contributed by atoms with E-state index in [0.717, 1.165) is 5.56 Å². The smallest absolute Gasteiger partial charge is 0.125 e. The van der Waals surface area contributed by atoms with E-state index in [-0.39, 0.29) is 11.9 Å². The van der Waals surface area contributed by atoms with Gasteiger partial charge in [-0.05, 0) is 24.6 Å². The van der Waals surface area contributed by atoms with E-state index >= 15 is 0 Å². The summed E-state index contributed by atoms with van der Waals surface area (Å²) >= 11 is 6.50. The number of benzene rings is 1. The van der Waals surface area contributed by atoms with Crippen LogP contribution < -0.4 is 5.73 Å². The van der Waals surface area contributed by atoms with Crippen LogP contribution in [-0.4, -0.2) is 0 Å². The van der Waals surface area contributed by atoms with Gasteiger partial charge in [0.15, 0.2) is 0 Å². The Morgan fingerprint density at radius 2 is 1.75 bits per heavy atom. The second kappa shape index (κ2) is 3.85. The van der Waals surface area contributed by atoms with Crippen LogP contribution in [-0.2, 0) is 0 Å². The summed E-state index contributed by atoms with van der Waals surface area (Å²) in [5, 5.41) is 0. The molecule has 1 atom stereocenters. The van der Waals surface area contributed by atoms with Crippen LogP contribution in [0.5, 0.6) is 0 Å². The predicted molar refractivity (Wildman–Crippen MR) is 54.4 cm³/mol. The third kappa shape index (κ3) is 2.06. The highest BCUT2D eigenvalue weighted by molar-refractivity contribution is 9.11. The highest BCUT2D eigenvalue weighted by atomic mass is 79.9. The van der Waals surface area contributed by atoms with E-state index < -0.39 is 0 Å². The van der Waals surface area contributed by atoms with Gasteiger partial charge in [0.2, 0.25) is 0 Å². The van der Waals surface area contributed by atoms with Crippen molar-refractivity contribution in [2.75, 3.05) is 0 Å². The first-order valence-corrected chi connectivity index (χ1v) is 5.01. The molecule has 2 N–H and O–H groups in total. The average Bonchev–Trinajstić information content (AvgIpc) is 1.82. The minimum Gasteiger partial charge on any atom is -0.324 e. The number of nitrogens with two attached hydrogens (primary N) is 1. The minimum absolute atomic E-state index is 0.116. The van der Waals surface area contributed by atoms with E-state index in [0.29, 0.717) is 8.95 Å². The van der Waals surface area contributed by atoms with Gasteiger partial charge in [-0.15, -0.1) is 0 Å². The van der Waals surface area contributed by atoms with E-state index in [2.05, 4.69) is 31.9 Å². The van der Waals surface area contributed by atoms with Crippen LogP contribution in [0.1, 0.15) is 18.5 Å². The molecule has 1 nitrogen and oxygen atoms in total. The molecule has 4 heteroatoms. The molecule has 1 aromatic rings. The SMILES string of the molecule is CC(N)c1c(Br)cc(F)cc1Br. The third-order valence-corrected chi connectivity index (χ3v) is 2.81. The van der Waals surface area contributed by atoms with Gasteiger partial charge in [-0.25, -0.2) is 4.39 Å². The van der Waals surface area contributed by atoms with Crippen molar-refractivity contribution in [1.29, 1.82) is 0 Å². The Hall–Kier alpha value is 0.0700. The predicted octanol–water partition coefficient (Wildman–Crippen LogP) is 3.37. The highest BCUT2D eigenvalue weighted by Crippen LogP contribution is 2.30. The van der Waals surface area contributed by atoms with Gasteiger partial charge in [0.25, 0.3) is 0 Å². The fourth-order valence-electron chi connectivity index (χ4n) is 0.988. The summed E-state index contributed by atoms with van der Waals surface area (Å²) in [6.45, 7) is 1.85. The molecule has 0 aliphatic carbocycles. The summed E-state index contributed by atoms with van der Waals surface area (Å²) in [6, 6.07) is 2.70. The molecule has 0 aliphatic rings. The summed E-state index contributed by atoms with van der Waals surface area (Å²) in [5.74, 6) is -0.279. The van der Waals surface area contributed by atoms with Crippen molar-refractivity contribution in [3.05, 3.63) is 32.5 Å². The largest absolute Gasteiger partial charge is 0.324 e. The number of hydrogen-bond acceptors (Lipinski definition) is 1. The van der Waals surface area contributed by atoms with Crippen molar-refractivity contribution in [2.45, 2.75) is 13.0 Å². The lowest BCUT2D eigenvalue weighted by Crippen LogP contribution is -2.07. The molecule has 1 rings (SSSR count). The van der Waals surface area contributed by atoms with Crippen LogP contribution in [0.2, 0.25) is 0 Å². The molecule has 0 fully saturated rings. The molecule has 1 aromatic carbocycles. The highest BCUT2D eigenvalue weighted by Gasteiger charge is 2.10. The molecule has 0 heterocycles. The maximum absolute atomic E-state index is 12.8. The Morgan fingerprint density at radius 1 is 1.33 bits per heavy atom. The van der Waals surface area contributed by atoms with Crippen molar-refractivity contribution < 1.29 is 4.39 Å². The van der Waals surface area contributed by atoms with Gasteiger partial charge in [0.1, 0.15) is 5.82 Å². The van der Waals surface area contributed by atoms with Gasteiger partial charge in [-0.3, -0.25) is 0 Å². The summed E-state index contributed by atoms with van der Waals surface area (Å²) in [7, 11) is 0. The third-order valence-electron chi connectivity index (χ3n) is 1.50. The van der Waals surface area contributed by atoms with Crippen molar-refractivity contribution in [2.24, 2.45) is 5.73 Å². The Balaban J connectivity index is 3.28. The van der Waals surface area contributed by atoms with Crippen molar-refractivity contribution in [3.63, 3.8) is 0 Å². The van der Waals surface area contributed by atoms with Crippen LogP contribution >= 0.6 is 31.9 Å². The monoisotopic (exact) mass is 295 g/mol. The van der Waals surface area contributed by atoms with Crippen LogP contribution in [0, 0.1) is 5.82 Å². The average molecular weight is 297 g/mol. The molecule has 0 amide bonds. The zero-order valence-electron chi connectivity index (χ0n) is 6.44. The van der Waals surface area contributed by atoms with Crippen LogP contribution in [0.3, 0.4) is 0 Å². The molecular formula is C8H8Br2FN. The maximum atomic E-state index is 12.8. The van der Waals surface area contributed by atoms with Gasteiger partial charge in [-0.2, -0.15) is 0 Å². The van der Waals surface area contributed by atoms with Gasteiger partial charge < -0.3 is 5.73 Å². The maximum Gasteiger partial charge on any atom is 0.125 e. The Bertz CT molecular complexity index is 276. The Morgan fingerprint density at radius 3 is 2.08 bits per heavy atom. The quantitative estimate of drug-likeness (QED) is 0.845. The van der Waals surface area contributed by atoms with Crippen LogP contribution in [0.25, 0.3) is 0 Å². The molecule has 0 saturated carbocycles. The lowest BCUT2D eigenvalue weighted by Gasteiger charge is -2.10. The number of hydrogen-bond donors (Lipinski definition) is 1. The van der Waals surface area contributed by atoms with E-state index in [1.807, 2.05) is 6.92 Å². The van der Waals surface area contributed by atoms with E-state index in [1.54, 1.807) is 0 Å². The van der Waals surface area contributed by atoms with E-state index in [1.165, 1.54) is 12.1 Å². The summed E-state index contributed by atoms with van der Waals surface area (Å²) < 4.78 is 14.2. The Labute approximate surface area is 87.4 Å². The van der Waals surface area contributed by atoms with Gasteiger partial charge >= 0.3 is 0 Å². The normalized spacial score (nSPS) is 13.1. The van der Waals surface area contributed by atoms with Crippen molar-refractivity contribution in [1.82, 2.24) is 0 Å². The van der Waals surface area contributed by atoms with Crippen molar-refractivity contribution in [3.8, 4) is 0 Å². The second-order valence-corrected chi connectivity index (χ2v) is 4.28. The first kappa shape index (κ1) is 10.2. The fourth-order valence-corrected chi connectivity index (χ4v) is 2.84. The zero-order valence-corrected chi connectivity index (χ0v) is 9.62. The van der Waals surface area contributed by atoms with Crippen LogP contribution in [0.15, 0.2) is 21.1 Å². The van der Waals surface area contributed by atoms with Gasteiger partial charge in [0, 0.05) is 15.0 Å². The molecule has 12 heavy (non-hydrogen) atoms. The first-order chi connectivity index (χ1) is 5.52. The molecule has 0 aliphatic heterocycles. The van der Waals surface area contributed by atoms with E-state index in [4.69, 9.17) is 5.73 Å². The second-order valence-electron chi connectivity index (χ2n) is 2.57. The molecule has 0 bridgehead atoms. The summed E-state index contributed by atoms with van der Waals surface area (Å²) in [6.07, 6.45) is 0. The topological polar surface area (TPSA) is 26.0 Å². The van der Waals surface area contributed by atoms with E-state index in [9.17, 15) is 4.39 Å². The zero-order chi connectivity index (χ0) is 9.30. The molecule has 1 unspecified atom stereocenters. The Kier molecular flexibility index (Phi) is 3.26. The first-order valence-electron chi connectivity index (χ1n) is 3.42. The number of halogens is 3. The summed E-state index contributed by atoms with van der Waals surface area (Å²) in [4.78, 5) is 0.